The summed E-state index contributed by atoms with van der Waals surface area (Å²) < 4.78 is 30.0. The predicted octanol–water partition coefficient (Wildman–Crippen LogP) is 9.85. The van der Waals surface area contributed by atoms with Crippen LogP contribution in [0.1, 0.15) is 123 Å². The molecule has 0 radical (unpaired) electrons. The Balaban J connectivity index is 0.975. The minimum absolute atomic E-state index is 0.0465. The van der Waals surface area contributed by atoms with Gasteiger partial charge in [0, 0.05) is 30.7 Å². The summed E-state index contributed by atoms with van der Waals surface area (Å²) in [6.45, 7) is 0.479. The van der Waals surface area contributed by atoms with Crippen LogP contribution in [0, 0.1) is 0 Å². The molecule has 364 valence electrons. The molecule has 2 heterocycles. The first-order chi connectivity index (χ1) is 33.7. The molecule has 5 aromatic rings. The summed E-state index contributed by atoms with van der Waals surface area (Å²) in [5.41, 5.74) is 5.03. The molecule has 2 aliphatic rings. The van der Waals surface area contributed by atoms with Crippen LogP contribution in [0.15, 0.2) is 150 Å². The summed E-state index contributed by atoms with van der Waals surface area (Å²) in [6, 6.07) is 44.8. The molecule has 2 fully saturated rings. The number of carbonyl (C=O) groups excluding carboxylic acids is 4. The highest BCUT2D eigenvalue weighted by Gasteiger charge is 2.39. The summed E-state index contributed by atoms with van der Waals surface area (Å²) >= 11 is 0. The standard InChI is InChI=1S/C58H70N4O6S/c63-55(58(66)61-43-15-13-37-53(61)56(64)59-50(33-17-29-45-21-5-1-6-22-45)34-18-30-46-23-7-2-8-24-46)49-39-41-52(42-40-49)69(67,68)62-44-16-14-38-54(62)57(65)60-51(35-19-31-47-25-9-3-10-26-47)36-20-32-48-27-11-4-12-28-48/h1-12,21-28,39-42,50-51,53-54H,13-20,29-38,43-44H2,(H,59,64)(H,60,65). The van der Waals surface area contributed by atoms with Crippen LogP contribution in [-0.4, -0.2) is 78.4 Å². The van der Waals surface area contributed by atoms with Gasteiger partial charge in [0.2, 0.25) is 27.6 Å². The Morgan fingerprint density at radius 2 is 0.855 bits per heavy atom. The largest absolute Gasteiger partial charge is 0.352 e. The van der Waals surface area contributed by atoms with E-state index in [2.05, 4.69) is 59.2 Å². The Hall–Kier alpha value is -5.91. The van der Waals surface area contributed by atoms with Crippen LogP contribution >= 0.6 is 0 Å². The number of piperidine rings is 2. The summed E-state index contributed by atoms with van der Waals surface area (Å²) in [6.07, 6.45) is 13.9. The van der Waals surface area contributed by atoms with Gasteiger partial charge in [-0.3, -0.25) is 19.2 Å². The third-order valence-corrected chi connectivity index (χ3v) is 15.8. The van der Waals surface area contributed by atoms with Crippen LogP contribution < -0.4 is 10.6 Å². The average Bonchev–Trinajstić information content (AvgIpc) is 3.39. The van der Waals surface area contributed by atoms with Gasteiger partial charge in [-0.25, -0.2) is 8.42 Å². The summed E-state index contributed by atoms with van der Waals surface area (Å²) in [5.74, 6) is -2.09. The fourth-order valence-electron chi connectivity index (χ4n) is 10.0. The third-order valence-electron chi connectivity index (χ3n) is 13.9. The topological polar surface area (TPSA) is 133 Å². The maximum absolute atomic E-state index is 14.3. The number of aryl methyl sites for hydroxylation is 4. The lowest BCUT2D eigenvalue weighted by molar-refractivity contribution is -0.139. The summed E-state index contributed by atoms with van der Waals surface area (Å²) in [5, 5.41) is 6.56. The average molecular weight is 951 g/mol. The molecule has 0 bridgehead atoms. The fraction of sp³-hybridized carbons (Fsp3) is 0.414. The molecule has 2 unspecified atom stereocenters. The Labute approximate surface area is 410 Å². The van der Waals surface area contributed by atoms with Gasteiger partial charge in [0.25, 0.3) is 5.91 Å². The van der Waals surface area contributed by atoms with Gasteiger partial charge in [0.1, 0.15) is 12.1 Å². The number of Topliss-reactive ketones (excluding diaryl/α,β-unsaturated/α-hetero) is 1. The molecule has 2 saturated heterocycles. The monoisotopic (exact) mass is 951 g/mol. The smallest absolute Gasteiger partial charge is 0.295 e. The Bertz CT molecular complexity index is 2400. The van der Waals surface area contributed by atoms with E-state index in [4.69, 9.17) is 0 Å². The minimum Gasteiger partial charge on any atom is -0.352 e. The van der Waals surface area contributed by atoms with Crippen LogP contribution in [0.4, 0.5) is 0 Å². The van der Waals surface area contributed by atoms with Crippen molar-refractivity contribution in [1.82, 2.24) is 19.8 Å². The van der Waals surface area contributed by atoms with Crippen molar-refractivity contribution in [3.05, 3.63) is 173 Å². The van der Waals surface area contributed by atoms with Gasteiger partial charge in [-0.2, -0.15) is 4.31 Å². The van der Waals surface area contributed by atoms with E-state index in [9.17, 15) is 27.6 Å². The molecule has 69 heavy (non-hydrogen) atoms. The number of sulfonamides is 1. The number of hydrogen-bond acceptors (Lipinski definition) is 6. The molecule has 0 aliphatic carbocycles. The molecule has 2 N–H and O–H groups in total. The number of amides is 3. The van der Waals surface area contributed by atoms with E-state index >= 15 is 0 Å². The highest BCUT2D eigenvalue weighted by atomic mass is 32.2. The van der Waals surface area contributed by atoms with Crippen molar-refractivity contribution < 1.29 is 27.6 Å². The molecule has 0 spiro atoms. The SMILES string of the molecule is O=C(C(=O)N1CCCCC1C(=O)NC(CCCc1ccccc1)CCCc1ccccc1)c1ccc(S(=O)(=O)N2CCCCC2C(=O)NC(CCCc2ccccc2)CCCc2ccccc2)cc1. The van der Waals surface area contributed by atoms with Crippen molar-refractivity contribution in [2.45, 2.75) is 145 Å². The van der Waals surface area contributed by atoms with Crippen LogP contribution in [0.25, 0.3) is 0 Å². The van der Waals surface area contributed by atoms with E-state index in [1.54, 1.807) is 0 Å². The van der Waals surface area contributed by atoms with E-state index < -0.39 is 33.8 Å². The molecular formula is C58H70N4O6S. The fourth-order valence-corrected chi connectivity index (χ4v) is 11.7. The van der Waals surface area contributed by atoms with E-state index in [1.807, 2.05) is 72.8 Å². The number of rotatable bonds is 24. The van der Waals surface area contributed by atoms with Gasteiger partial charge in [-0.05, 0) is 156 Å². The Morgan fingerprint density at radius 3 is 1.28 bits per heavy atom. The number of likely N-dealkylation sites (tertiary alicyclic amines) is 1. The molecule has 11 heteroatoms. The minimum atomic E-state index is -4.15. The molecule has 10 nitrogen and oxygen atoms in total. The summed E-state index contributed by atoms with van der Waals surface area (Å²) in [4.78, 5) is 57.4. The second kappa shape index (κ2) is 26.2. The van der Waals surface area contributed by atoms with Gasteiger partial charge in [-0.15, -0.1) is 0 Å². The first-order valence-corrected chi connectivity index (χ1v) is 26.8. The van der Waals surface area contributed by atoms with Gasteiger partial charge < -0.3 is 15.5 Å². The van der Waals surface area contributed by atoms with Crippen molar-refractivity contribution in [2.24, 2.45) is 0 Å². The molecule has 3 amide bonds. The Morgan fingerprint density at radius 1 is 0.478 bits per heavy atom. The number of carbonyl (C=O) groups is 4. The van der Waals surface area contributed by atoms with Gasteiger partial charge in [0.05, 0.1) is 4.90 Å². The molecule has 7 rings (SSSR count). The van der Waals surface area contributed by atoms with E-state index in [-0.39, 0.29) is 47.4 Å². The number of benzene rings is 5. The molecule has 0 saturated carbocycles. The van der Waals surface area contributed by atoms with Gasteiger partial charge in [0.15, 0.2) is 0 Å². The first-order valence-electron chi connectivity index (χ1n) is 25.4. The van der Waals surface area contributed by atoms with E-state index in [0.717, 1.165) is 89.9 Å². The Kier molecular flexibility index (Phi) is 19.3. The zero-order valence-corrected chi connectivity index (χ0v) is 40.9. The quantitative estimate of drug-likeness (QED) is 0.0468. The lowest BCUT2D eigenvalue weighted by Crippen LogP contribution is -2.55. The van der Waals surface area contributed by atoms with Crippen molar-refractivity contribution in [2.75, 3.05) is 13.1 Å². The second-order valence-corrected chi connectivity index (χ2v) is 20.8. The molecular weight excluding hydrogens is 881 g/mol. The second-order valence-electron chi connectivity index (χ2n) is 18.9. The number of hydrogen-bond donors (Lipinski definition) is 2. The van der Waals surface area contributed by atoms with Crippen molar-refractivity contribution >= 4 is 33.5 Å². The van der Waals surface area contributed by atoms with E-state index in [1.165, 1.54) is 55.7 Å². The first kappa shape index (κ1) is 51.0. The summed E-state index contributed by atoms with van der Waals surface area (Å²) in [7, 11) is -4.15. The molecule has 0 aromatic heterocycles. The molecule has 2 atom stereocenters. The van der Waals surface area contributed by atoms with Crippen molar-refractivity contribution in [3.8, 4) is 0 Å². The third kappa shape index (κ3) is 15.0. The predicted molar refractivity (Wildman–Crippen MR) is 273 cm³/mol. The maximum Gasteiger partial charge on any atom is 0.295 e. The van der Waals surface area contributed by atoms with Crippen LogP contribution in [0.2, 0.25) is 0 Å². The zero-order valence-electron chi connectivity index (χ0n) is 40.1. The van der Waals surface area contributed by atoms with Crippen molar-refractivity contribution in [1.29, 1.82) is 0 Å². The lowest BCUT2D eigenvalue weighted by Gasteiger charge is -2.35. The lowest BCUT2D eigenvalue weighted by atomic mass is 9.96. The number of nitrogens with one attached hydrogen (secondary N) is 2. The zero-order chi connectivity index (χ0) is 48.3. The van der Waals surface area contributed by atoms with Gasteiger partial charge >= 0.3 is 0 Å². The van der Waals surface area contributed by atoms with Crippen LogP contribution in [0.5, 0.6) is 0 Å². The normalized spacial score (nSPS) is 16.6. The molecule has 5 aromatic carbocycles. The molecule has 2 aliphatic heterocycles. The highest BCUT2D eigenvalue weighted by Crippen LogP contribution is 2.28. The number of ketones is 1. The van der Waals surface area contributed by atoms with E-state index in [0.29, 0.717) is 25.7 Å². The van der Waals surface area contributed by atoms with Crippen LogP contribution in [0.3, 0.4) is 0 Å². The van der Waals surface area contributed by atoms with Gasteiger partial charge in [-0.1, -0.05) is 128 Å². The van der Waals surface area contributed by atoms with Crippen molar-refractivity contribution in [3.63, 3.8) is 0 Å². The highest BCUT2D eigenvalue weighted by molar-refractivity contribution is 7.89. The van der Waals surface area contributed by atoms with Crippen LogP contribution in [-0.2, 0) is 50.1 Å². The number of nitrogens with zero attached hydrogens (tertiary/aromatic N) is 2. The maximum atomic E-state index is 14.3.